The third kappa shape index (κ3) is 3.30. The van der Waals surface area contributed by atoms with E-state index in [0.29, 0.717) is 5.92 Å². The first-order valence-electron chi connectivity index (χ1n) is 9.31. The zero-order chi connectivity index (χ0) is 17.4. The Kier molecular flexibility index (Phi) is 4.28. The van der Waals surface area contributed by atoms with Crippen molar-refractivity contribution >= 4 is 16.8 Å². The van der Waals surface area contributed by atoms with Crippen LogP contribution in [0.1, 0.15) is 56.4 Å². The number of hydrogen-bond donors (Lipinski definition) is 2. The van der Waals surface area contributed by atoms with Gasteiger partial charge in [-0.05, 0) is 55.4 Å². The van der Waals surface area contributed by atoms with Crippen molar-refractivity contribution < 1.29 is 14.3 Å². The molecule has 1 aromatic heterocycles. The van der Waals surface area contributed by atoms with Gasteiger partial charge in [0.2, 0.25) is 5.91 Å². The molecular weight excluding hydrogens is 319 g/mol. The van der Waals surface area contributed by atoms with Crippen LogP contribution < -0.4 is 0 Å². The highest BCUT2D eigenvalue weighted by molar-refractivity contribution is 5.84. The molecule has 2 aliphatic rings. The van der Waals surface area contributed by atoms with Gasteiger partial charge in [-0.15, -0.1) is 0 Å². The quantitative estimate of drug-likeness (QED) is 0.892. The number of hydrogen-bond acceptors (Lipinski definition) is 2. The smallest absolute Gasteiger partial charge is 0.225 e. The second kappa shape index (κ2) is 6.45. The molecular formula is C20H25FN2O2. The van der Waals surface area contributed by atoms with Crippen molar-refractivity contribution in [1.29, 1.82) is 0 Å². The van der Waals surface area contributed by atoms with Crippen molar-refractivity contribution in [1.82, 2.24) is 9.88 Å². The maximum atomic E-state index is 13.3. The molecule has 0 unspecified atom stereocenters. The number of benzene rings is 1. The van der Waals surface area contributed by atoms with Crippen LogP contribution in [-0.2, 0) is 4.79 Å². The summed E-state index contributed by atoms with van der Waals surface area (Å²) >= 11 is 0. The van der Waals surface area contributed by atoms with E-state index in [1.54, 1.807) is 0 Å². The lowest BCUT2D eigenvalue weighted by atomic mass is 9.88. The number of carbonyl (C=O) groups is 1. The number of rotatable bonds is 3. The second-order valence-corrected chi connectivity index (χ2v) is 7.70. The number of carbonyl (C=O) groups excluding carboxylic acids is 1. The highest BCUT2D eigenvalue weighted by Crippen LogP contribution is 2.36. The summed E-state index contributed by atoms with van der Waals surface area (Å²) in [6.07, 6.45) is 7.61. The number of aromatic nitrogens is 1. The molecule has 1 aromatic carbocycles. The van der Waals surface area contributed by atoms with Crippen LogP contribution in [0.2, 0.25) is 0 Å². The summed E-state index contributed by atoms with van der Waals surface area (Å²) in [4.78, 5) is 17.6. The fourth-order valence-corrected chi connectivity index (χ4v) is 4.50. The number of amides is 1. The number of piperidine rings is 1. The Morgan fingerprint density at radius 2 is 2.00 bits per heavy atom. The molecule has 1 aliphatic heterocycles. The lowest BCUT2D eigenvalue weighted by Gasteiger charge is -2.34. The van der Waals surface area contributed by atoms with Crippen molar-refractivity contribution in [3.05, 3.63) is 35.8 Å². The molecule has 2 N–H and O–H groups in total. The van der Waals surface area contributed by atoms with E-state index in [4.69, 9.17) is 0 Å². The SMILES string of the molecule is O=C(CC1(O)CCCC1)N1CCC(c2c[nH]c3cc(F)ccc23)CC1. The topological polar surface area (TPSA) is 56.3 Å². The van der Waals surface area contributed by atoms with Crippen LogP contribution in [0.4, 0.5) is 4.39 Å². The Morgan fingerprint density at radius 1 is 1.28 bits per heavy atom. The van der Waals surface area contributed by atoms with E-state index < -0.39 is 5.60 Å². The minimum absolute atomic E-state index is 0.0869. The number of nitrogens with zero attached hydrogens (tertiary/aromatic N) is 1. The molecule has 134 valence electrons. The van der Waals surface area contributed by atoms with Gasteiger partial charge in [0.15, 0.2) is 0 Å². The van der Waals surface area contributed by atoms with Crippen molar-refractivity contribution in [2.45, 2.75) is 56.5 Å². The molecule has 0 spiro atoms. The summed E-state index contributed by atoms with van der Waals surface area (Å²) in [5.41, 5.74) is 1.28. The lowest BCUT2D eigenvalue weighted by molar-refractivity contribution is -0.137. The van der Waals surface area contributed by atoms with Gasteiger partial charge in [0.1, 0.15) is 5.82 Å². The number of likely N-dealkylation sites (tertiary alicyclic amines) is 1. The standard InChI is InChI=1S/C20H25FN2O2/c21-15-3-4-16-17(13-22-18(16)11-15)14-5-9-23(10-6-14)19(24)12-20(25)7-1-2-8-20/h3-4,11,13-14,22,25H,1-2,5-10,12H2. The molecule has 1 saturated heterocycles. The largest absolute Gasteiger partial charge is 0.389 e. The van der Waals surface area contributed by atoms with Gasteiger partial charge in [-0.25, -0.2) is 4.39 Å². The average Bonchev–Trinajstić information content (AvgIpc) is 3.21. The van der Waals surface area contributed by atoms with Gasteiger partial charge >= 0.3 is 0 Å². The third-order valence-electron chi connectivity index (χ3n) is 5.98. The maximum Gasteiger partial charge on any atom is 0.225 e. The van der Waals surface area contributed by atoms with Crippen LogP contribution in [0.15, 0.2) is 24.4 Å². The lowest BCUT2D eigenvalue weighted by Crippen LogP contribution is -2.42. The Bertz CT molecular complexity index is 771. The first kappa shape index (κ1) is 16.6. The molecule has 0 bridgehead atoms. The van der Waals surface area contributed by atoms with Crippen LogP contribution in [-0.4, -0.2) is 39.6 Å². The fourth-order valence-electron chi connectivity index (χ4n) is 4.50. The van der Waals surface area contributed by atoms with Crippen molar-refractivity contribution in [3.8, 4) is 0 Å². The summed E-state index contributed by atoms with van der Waals surface area (Å²) in [5.74, 6) is 0.243. The minimum Gasteiger partial charge on any atom is -0.389 e. The van der Waals surface area contributed by atoms with E-state index >= 15 is 0 Å². The van der Waals surface area contributed by atoms with Gasteiger partial charge in [0, 0.05) is 30.2 Å². The molecule has 4 nitrogen and oxygen atoms in total. The van der Waals surface area contributed by atoms with Crippen LogP contribution in [0.3, 0.4) is 0 Å². The molecule has 0 atom stereocenters. The number of aliphatic hydroxyl groups is 1. The zero-order valence-corrected chi connectivity index (χ0v) is 14.4. The van der Waals surface area contributed by atoms with Crippen LogP contribution in [0, 0.1) is 5.82 Å². The van der Waals surface area contributed by atoms with Gasteiger partial charge < -0.3 is 15.0 Å². The van der Waals surface area contributed by atoms with E-state index in [2.05, 4.69) is 4.98 Å². The number of halogens is 1. The molecule has 25 heavy (non-hydrogen) atoms. The molecule has 2 fully saturated rings. The molecule has 1 saturated carbocycles. The van der Waals surface area contributed by atoms with Crippen molar-refractivity contribution in [3.63, 3.8) is 0 Å². The Morgan fingerprint density at radius 3 is 2.72 bits per heavy atom. The van der Waals surface area contributed by atoms with Crippen LogP contribution >= 0.6 is 0 Å². The predicted molar refractivity (Wildman–Crippen MR) is 94.8 cm³/mol. The molecule has 1 amide bonds. The van der Waals surface area contributed by atoms with E-state index in [0.717, 1.165) is 62.5 Å². The van der Waals surface area contributed by atoms with E-state index in [1.807, 2.05) is 17.2 Å². The predicted octanol–water partition coefficient (Wildman–Crippen LogP) is 3.71. The Hall–Kier alpha value is -1.88. The van der Waals surface area contributed by atoms with E-state index in [-0.39, 0.29) is 18.1 Å². The molecule has 1 aliphatic carbocycles. The fraction of sp³-hybridized carbons (Fsp3) is 0.550. The zero-order valence-electron chi connectivity index (χ0n) is 14.4. The van der Waals surface area contributed by atoms with Crippen LogP contribution in [0.5, 0.6) is 0 Å². The summed E-state index contributed by atoms with van der Waals surface area (Å²) in [5, 5.41) is 11.5. The summed E-state index contributed by atoms with van der Waals surface area (Å²) in [7, 11) is 0. The number of nitrogens with one attached hydrogen (secondary N) is 1. The van der Waals surface area contributed by atoms with Gasteiger partial charge in [-0.3, -0.25) is 4.79 Å². The molecule has 2 aromatic rings. The molecule has 0 radical (unpaired) electrons. The third-order valence-corrected chi connectivity index (χ3v) is 5.98. The summed E-state index contributed by atoms with van der Waals surface area (Å²) in [6, 6.07) is 4.87. The van der Waals surface area contributed by atoms with E-state index in [9.17, 15) is 14.3 Å². The molecule has 5 heteroatoms. The van der Waals surface area contributed by atoms with Gasteiger partial charge in [0.25, 0.3) is 0 Å². The number of aromatic amines is 1. The minimum atomic E-state index is -0.769. The molecule has 4 rings (SSSR count). The second-order valence-electron chi connectivity index (χ2n) is 7.70. The number of H-pyrrole nitrogens is 1. The van der Waals surface area contributed by atoms with Gasteiger partial charge in [-0.1, -0.05) is 12.8 Å². The monoisotopic (exact) mass is 344 g/mol. The Balaban J connectivity index is 1.40. The first-order valence-corrected chi connectivity index (χ1v) is 9.31. The van der Waals surface area contributed by atoms with Gasteiger partial charge in [-0.2, -0.15) is 0 Å². The van der Waals surface area contributed by atoms with Crippen molar-refractivity contribution in [2.75, 3.05) is 13.1 Å². The Labute approximate surface area is 147 Å². The normalized spacial score (nSPS) is 21.1. The first-order chi connectivity index (χ1) is 12.0. The molecule has 2 heterocycles. The summed E-state index contributed by atoms with van der Waals surface area (Å²) in [6.45, 7) is 1.46. The van der Waals surface area contributed by atoms with E-state index in [1.165, 1.54) is 17.7 Å². The van der Waals surface area contributed by atoms with Gasteiger partial charge in [0.05, 0.1) is 12.0 Å². The maximum absolute atomic E-state index is 13.3. The van der Waals surface area contributed by atoms with Crippen LogP contribution in [0.25, 0.3) is 10.9 Å². The number of fused-ring (bicyclic) bond motifs is 1. The average molecular weight is 344 g/mol. The summed E-state index contributed by atoms with van der Waals surface area (Å²) < 4.78 is 13.3. The highest BCUT2D eigenvalue weighted by Gasteiger charge is 2.35. The highest BCUT2D eigenvalue weighted by atomic mass is 19.1. The van der Waals surface area contributed by atoms with Crippen molar-refractivity contribution in [2.24, 2.45) is 0 Å².